The fourth-order valence-corrected chi connectivity index (χ4v) is 4.69. The summed E-state index contributed by atoms with van der Waals surface area (Å²) >= 11 is 0. The van der Waals surface area contributed by atoms with Crippen LogP contribution in [0, 0.1) is 5.92 Å². The molecule has 4 rings (SSSR count). The van der Waals surface area contributed by atoms with Crippen molar-refractivity contribution in [3.63, 3.8) is 0 Å². The third-order valence-corrected chi connectivity index (χ3v) is 7.70. The van der Waals surface area contributed by atoms with Gasteiger partial charge in [0.25, 0.3) is 0 Å². The second-order valence-electron chi connectivity index (χ2n) is 9.15. The van der Waals surface area contributed by atoms with E-state index in [4.69, 9.17) is 4.74 Å². The third kappa shape index (κ3) is 4.95. The van der Waals surface area contributed by atoms with Crippen molar-refractivity contribution >= 4 is 9.84 Å². The van der Waals surface area contributed by atoms with Crippen LogP contribution in [0.15, 0.2) is 84.1 Å². The number of sulfone groups is 1. The van der Waals surface area contributed by atoms with Crippen LogP contribution in [0.2, 0.25) is 0 Å². The molecule has 0 radical (unpaired) electrons. The Bertz CT molecular complexity index is 1420. The van der Waals surface area contributed by atoms with Gasteiger partial charge < -0.3 is 4.74 Å². The van der Waals surface area contributed by atoms with E-state index in [9.17, 15) is 8.42 Å². The van der Waals surface area contributed by atoms with E-state index in [2.05, 4.69) is 72.4 Å². The second kappa shape index (κ2) is 9.58. The van der Waals surface area contributed by atoms with Crippen molar-refractivity contribution in [1.29, 1.82) is 0 Å². The monoisotopic (exact) mass is 487 g/mol. The van der Waals surface area contributed by atoms with Crippen LogP contribution in [-0.4, -0.2) is 37.0 Å². The summed E-state index contributed by atoms with van der Waals surface area (Å²) in [4.78, 5) is 4.26. The number of pyridine rings is 1. The number of nitrogens with zero attached hydrogens (tertiary/aromatic N) is 3. The van der Waals surface area contributed by atoms with Crippen LogP contribution in [0.25, 0.3) is 22.4 Å². The molecule has 4 aromatic rings. The lowest BCUT2D eigenvalue weighted by molar-refractivity contribution is 0.405. The molecule has 0 aliphatic carbocycles. The summed E-state index contributed by atoms with van der Waals surface area (Å²) in [5, 5.41) is 7.95. The highest BCUT2D eigenvalue weighted by molar-refractivity contribution is 7.90. The molecule has 0 saturated carbocycles. The Hall–Kier alpha value is -3.58. The molecule has 2 aromatic carbocycles. The van der Waals surface area contributed by atoms with Crippen molar-refractivity contribution in [1.82, 2.24) is 15.2 Å². The van der Waals surface area contributed by atoms with Crippen LogP contribution in [0.4, 0.5) is 0 Å². The minimum absolute atomic E-state index is 0.0292. The van der Waals surface area contributed by atoms with E-state index in [1.165, 1.54) is 17.2 Å². The summed E-state index contributed by atoms with van der Waals surface area (Å²) in [6.45, 7) is 6.71. The van der Waals surface area contributed by atoms with Gasteiger partial charge in [0.15, 0.2) is 14.9 Å². The van der Waals surface area contributed by atoms with E-state index < -0.39 is 9.84 Å². The molecule has 6 nitrogen and oxygen atoms in total. The summed E-state index contributed by atoms with van der Waals surface area (Å²) < 4.78 is 28.6. The van der Waals surface area contributed by atoms with Crippen LogP contribution in [-0.2, 0) is 15.3 Å². The van der Waals surface area contributed by atoms with Gasteiger partial charge in [-0.3, -0.25) is 4.98 Å². The zero-order valence-corrected chi connectivity index (χ0v) is 21.4. The first-order valence-corrected chi connectivity index (χ1v) is 13.3. The number of rotatable bonds is 7. The van der Waals surface area contributed by atoms with E-state index >= 15 is 0 Å². The molecule has 0 bridgehead atoms. The van der Waals surface area contributed by atoms with Gasteiger partial charge in [-0.1, -0.05) is 69.3 Å². The minimum atomic E-state index is -3.38. The van der Waals surface area contributed by atoms with Crippen LogP contribution >= 0.6 is 0 Å². The molecule has 1 atom stereocenters. The quantitative estimate of drug-likeness (QED) is 0.338. The van der Waals surface area contributed by atoms with Gasteiger partial charge in [-0.15, -0.1) is 10.2 Å². The fraction of sp³-hybridized carbons (Fsp3) is 0.250. The molecule has 0 amide bonds. The molecule has 1 unspecified atom stereocenters. The van der Waals surface area contributed by atoms with Gasteiger partial charge in [-0.25, -0.2) is 8.42 Å². The Balaban J connectivity index is 1.64. The molecule has 0 aliphatic heterocycles. The Morgan fingerprint density at radius 1 is 0.800 bits per heavy atom. The van der Waals surface area contributed by atoms with Crippen molar-refractivity contribution in [2.75, 3.05) is 13.4 Å². The van der Waals surface area contributed by atoms with Crippen molar-refractivity contribution in [3.8, 4) is 28.1 Å². The summed E-state index contributed by atoms with van der Waals surface area (Å²) in [6.07, 6.45) is 4.66. The lowest BCUT2D eigenvalue weighted by Crippen LogP contribution is -2.30. The standard InChI is InChI=1S/C28H29N3O3S/c1-19(2)28(3,23-10-6-20(7-11-23)22-16-25(34-4)18-29-17-22)24-12-8-21(9-13-24)26-14-15-27(31-30-26)35(5,32)33/h6-19H,1-5H3. The lowest BCUT2D eigenvalue weighted by atomic mass is 9.68. The molecule has 180 valence electrons. The van der Waals surface area contributed by atoms with Gasteiger partial charge >= 0.3 is 0 Å². The molecule has 7 heteroatoms. The Morgan fingerprint density at radius 3 is 1.89 bits per heavy atom. The van der Waals surface area contributed by atoms with Crippen LogP contribution < -0.4 is 4.74 Å². The molecule has 35 heavy (non-hydrogen) atoms. The zero-order chi connectivity index (χ0) is 25.2. The Morgan fingerprint density at radius 2 is 1.40 bits per heavy atom. The van der Waals surface area contributed by atoms with Gasteiger partial charge in [0.05, 0.1) is 19.0 Å². The SMILES string of the molecule is COc1cncc(-c2ccc(C(C)(c3ccc(-c4ccc(S(C)(=O)=O)nn4)cc3)C(C)C)cc2)c1. The third-order valence-electron chi connectivity index (χ3n) is 6.72. The average Bonchev–Trinajstić information content (AvgIpc) is 2.88. The number of hydrogen-bond acceptors (Lipinski definition) is 6. The van der Waals surface area contributed by atoms with Crippen molar-refractivity contribution in [2.24, 2.45) is 5.92 Å². The molecule has 0 spiro atoms. The van der Waals surface area contributed by atoms with Crippen molar-refractivity contribution < 1.29 is 13.2 Å². The van der Waals surface area contributed by atoms with Crippen LogP contribution in [0.3, 0.4) is 0 Å². The summed E-state index contributed by atoms with van der Waals surface area (Å²) in [6, 6.07) is 22.0. The molecule has 0 fully saturated rings. The van der Waals surface area contributed by atoms with Gasteiger partial charge in [0.2, 0.25) is 0 Å². The lowest BCUT2D eigenvalue weighted by Gasteiger charge is -2.35. The fourth-order valence-electron chi connectivity index (χ4n) is 4.19. The van der Waals surface area contributed by atoms with Gasteiger partial charge in [0, 0.05) is 29.0 Å². The van der Waals surface area contributed by atoms with Gasteiger partial charge in [0.1, 0.15) is 5.75 Å². The van der Waals surface area contributed by atoms with Gasteiger partial charge in [-0.2, -0.15) is 0 Å². The highest BCUT2D eigenvalue weighted by Crippen LogP contribution is 2.40. The molecular formula is C28H29N3O3S. The summed E-state index contributed by atoms with van der Waals surface area (Å²) in [5.74, 6) is 1.07. The largest absolute Gasteiger partial charge is 0.495 e. The maximum Gasteiger partial charge on any atom is 0.194 e. The average molecular weight is 488 g/mol. The molecule has 0 N–H and O–H groups in total. The first-order valence-electron chi connectivity index (χ1n) is 11.4. The van der Waals surface area contributed by atoms with Crippen molar-refractivity contribution in [3.05, 3.63) is 90.3 Å². The number of methoxy groups -OCH3 is 1. The highest BCUT2D eigenvalue weighted by Gasteiger charge is 2.32. The number of benzene rings is 2. The van der Waals surface area contributed by atoms with Crippen molar-refractivity contribution in [2.45, 2.75) is 31.2 Å². The van der Waals surface area contributed by atoms with E-state index in [0.29, 0.717) is 11.6 Å². The van der Waals surface area contributed by atoms with E-state index in [0.717, 1.165) is 28.7 Å². The maximum absolute atomic E-state index is 11.7. The van der Waals surface area contributed by atoms with E-state index in [-0.39, 0.29) is 10.4 Å². The number of ether oxygens (including phenoxy) is 1. The topological polar surface area (TPSA) is 82.0 Å². The zero-order valence-electron chi connectivity index (χ0n) is 20.6. The molecule has 2 heterocycles. The number of hydrogen-bond donors (Lipinski definition) is 0. The van der Waals surface area contributed by atoms with Crippen LogP contribution in [0.1, 0.15) is 31.9 Å². The first-order chi connectivity index (χ1) is 16.6. The predicted octanol–water partition coefficient (Wildman–Crippen LogP) is 5.58. The highest BCUT2D eigenvalue weighted by atomic mass is 32.2. The van der Waals surface area contributed by atoms with E-state index in [1.54, 1.807) is 19.4 Å². The summed E-state index contributed by atoms with van der Waals surface area (Å²) in [5.41, 5.74) is 5.80. The summed E-state index contributed by atoms with van der Waals surface area (Å²) in [7, 11) is -1.74. The van der Waals surface area contributed by atoms with Gasteiger partial charge in [-0.05, 0) is 40.8 Å². The molecule has 0 aliphatic rings. The van der Waals surface area contributed by atoms with Crippen LogP contribution in [0.5, 0.6) is 5.75 Å². The predicted molar refractivity (Wildman–Crippen MR) is 138 cm³/mol. The molecule has 0 saturated heterocycles. The Labute approximate surface area is 207 Å². The Kier molecular flexibility index (Phi) is 6.72. The minimum Gasteiger partial charge on any atom is -0.495 e. The maximum atomic E-state index is 11.7. The normalized spacial score (nSPS) is 13.4. The molecular weight excluding hydrogens is 458 g/mol. The number of aromatic nitrogens is 3. The van der Waals surface area contributed by atoms with E-state index in [1.807, 2.05) is 24.4 Å². The second-order valence-corrected chi connectivity index (χ2v) is 11.1. The smallest absolute Gasteiger partial charge is 0.194 e. The first kappa shape index (κ1) is 24.5. The molecule has 2 aromatic heterocycles.